The van der Waals surface area contributed by atoms with Gasteiger partial charge in [0.1, 0.15) is 5.82 Å². The number of nitro groups is 1. The van der Waals surface area contributed by atoms with Crippen LogP contribution in [0.3, 0.4) is 0 Å². The number of ether oxygens (including phenoxy) is 1. The Balaban J connectivity index is 1.58. The maximum Gasteiger partial charge on any atom is 0.277 e. The Morgan fingerprint density at radius 3 is 3.29 bits per heavy atom. The summed E-state index contributed by atoms with van der Waals surface area (Å²) in [5.74, 6) is 0.527. The van der Waals surface area contributed by atoms with E-state index < -0.39 is 0 Å². The molecule has 21 heavy (non-hydrogen) atoms. The first-order chi connectivity index (χ1) is 10.1. The van der Waals surface area contributed by atoms with Crippen molar-refractivity contribution in [3.8, 4) is 0 Å². The van der Waals surface area contributed by atoms with Gasteiger partial charge in [-0.1, -0.05) is 0 Å². The second-order valence-electron chi connectivity index (χ2n) is 5.74. The van der Waals surface area contributed by atoms with E-state index in [-0.39, 0.29) is 16.7 Å². The number of hydrogen-bond acceptors (Lipinski definition) is 6. The summed E-state index contributed by atoms with van der Waals surface area (Å²) in [5, 5.41) is 14.1. The number of pyridine rings is 1. The summed E-state index contributed by atoms with van der Waals surface area (Å²) in [6.45, 7) is 5.17. The summed E-state index contributed by atoms with van der Waals surface area (Å²) in [6, 6.07) is 2.07. The van der Waals surface area contributed by atoms with E-state index in [1.807, 2.05) is 0 Å². The van der Waals surface area contributed by atoms with Gasteiger partial charge in [0.05, 0.1) is 23.7 Å². The zero-order valence-electron chi connectivity index (χ0n) is 12.1. The smallest absolute Gasteiger partial charge is 0.277 e. The molecule has 7 nitrogen and oxygen atoms in total. The highest BCUT2D eigenvalue weighted by Gasteiger charge is 2.32. The molecule has 3 heterocycles. The number of rotatable bonds is 4. The van der Waals surface area contributed by atoms with Gasteiger partial charge in [0.25, 0.3) is 5.69 Å². The summed E-state index contributed by atoms with van der Waals surface area (Å²) < 4.78 is 5.85. The first-order valence-corrected chi connectivity index (χ1v) is 7.34. The van der Waals surface area contributed by atoms with Gasteiger partial charge in [0.15, 0.2) is 0 Å². The lowest BCUT2D eigenvalue weighted by Gasteiger charge is -2.35. The van der Waals surface area contributed by atoms with Crippen molar-refractivity contribution in [3.63, 3.8) is 0 Å². The van der Waals surface area contributed by atoms with Gasteiger partial charge < -0.3 is 10.1 Å². The van der Waals surface area contributed by atoms with Crippen molar-refractivity contribution >= 4 is 11.5 Å². The molecule has 0 radical (unpaired) electrons. The highest BCUT2D eigenvalue weighted by Crippen LogP contribution is 2.23. The number of aryl methyl sites for hydroxylation is 1. The minimum atomic E-state index is -0.381. The summed E-state index contributed by atoms with van der Waals surface area (Å²) in [7, 11) is 0. The highest BCUT2D eigenvalue weighted by molar-refractivity contribution is 5.48. The predicted molar refractivity (Wildman–Crippen MR) is 78.5 cm³/mol. The summed E-state index contributed by atoms with van der Waals surface area (Å²) in [5.41, 5.74) is 0.663. The second kappa shape index (κ2) is 5.95. The molecule has 1 N–H and O–H groups in total. The molecule has 0 saturated carbocycles. The van der Waals surface area contributed by atoms with E-state index in [0.29, 0.717) is 24.0 Å². The molecule has 0 amide bonds. The molecule has 2 aliphatic heterocycles. The van der Waals surface area contributed by atoms with E-state index in [9.17, 15) is 10.1 Å². The molecule has 0 bridgehead atoms. The Hall–Kier alpha value is -1.73. The number of fused-ring (bicyclic) bond motifs is 1. The average Bonchev–Trinajstić information content (AvgIpc) is 2.93. The van der Waals surface area contributed by atoms with E-state index in [2.05, 4.69) is 15.2 Å². The Kier molecular flexibility index (Phi) is 4.03. The predicted octanol–water partition coefficient (Wildman–Crippen LogP) is 1.57. The van der Waals surface area contributed by atoms with Crippen LogP contribution in [0.1, 0.15) is 18.4 Å². The number of aromatic nitrogens is 1. The maximum atomic E-state index is 10.9. The Morgan fingerprint density at radius 1 is 1.62 bits per heavy atom. The maximum absolute atomic E-state index is 10.9. The minimum Gasteiger partial charge on any atom is -0.373 e. The Morgan fingerprint density at radius 2 is 2.48 bits per heavy atom. The van der Waals surface area contributed by atoms with Crippen molar-refractivity contribution < 1.29 is 9.66 Å². The van der Waals surface area contributed by atoms with Gasteiger partial charge in [-0.05, 0) is 26.3 Å². The van der Waals surface area contributed by atoms with Gasteiger partial charge in [-0.25, -0.2) is 4.98 Å². The van der Waals surface area contributed by atoms with E-state index in [1.165, 1.54) is 25.1 Å². The van der Waals surface area contributed by atoms with Crippen LogP contribution in [0.2, 0.25) is 0 Å². The quantitative estimate of drug-likeness (QED) is 0.670. The largest absolute Gasteiger partial charge is 0.373 e. The first kappa shape index (κ1) is 14.2. The lowest BCUT2D eigenvalue weighted by atomic mass is 10.2. The fourth-order valence-electron chi connectivity index (χ4n) is 3.03. The van der Waals surface area contributed by atoms with E-state index >= 15 is 0 Å². The zero-order chi connectivity index (χ0) is 14.8. The standard InChI is InChI=1S/C14H20N4O3/c1-10-6-15-14(5-13(10)18(19)20)16-7-12-8-17-4-2-3-11(17)9-21-12/h5-6,11-12H,2-4,7-9H2,1H3,(H,15,16). The van der Waals surface area contributed by atoms with E-state index in [4.69, 9.17) is 4.74 Å². The van der Waals surface area contributed by atoms with Gasteiger partial charge in [0, 0.05) is 30.9 Å². The van der Waals surface area contributed by atoms with Gasteiger partial charge in [-0.15, -0.1) is 0 Å². The highest BCUT2D eigenvalue weighted by atomic mass is 16.6. The third-order valence-corrected chi connectivity index (χ3v) is 4.24. The zero-order valence-corrected chi connectivity index (χ0v) is 12.1. The van der Waals surface area contributed by atoms with Crippen molar-refractivity contribution in [2.45, 2.75) is 31.9 Å². The SMILES string of the molecule is Cc1cnc(NCC2CN3CCCC3CO2)cc1[N+](=O)[O-]. The Labute approximate surface area is 123 Å². The van der Waals surface area contributed by atoms with Crippen LogP contribution in [0.4, 0.5) is 11.5 Å². The molecule has 7 heteroatoms. The van der Waals surface area contributed by atoms with E-state index in [0.717, 1.165) is 19.7 Å². The molecule has 1 aromatic heterocycles. The summed E-state index contributed by atoms with van der Waals surface area (Å²) >= 11 is 0. The number of anilines is 1. The monoisotopic (exact) mass is 292 g/mol. The van der Waals surface area contributed by atoms with Crippen molar-refractivity contribution in [1.29, 1.82) is 0 Å². The molecule has 0 aliphatic carbocycles. The molecular formula is C14H20N4O3. The molecule has 114 valence electrons. The molecule has 2 fully saturated rings. The average molecular weight is 292 g/mol. The second-order valence-corrected chi connectivity index (χ2v) is 5.74. The van der Waals surface area contributed by atoms with Crippen LogP contribution in [0.5, 0.6) is 0 Å². The normalized spacial score (nSPS) is 25.6. The van der Waals surface area contributed by atoms with Gasteiger partial charge in [-0.3, -0.25) is 15.0 Å². The molecular weight excluding hydrogens is 272 g/mol. The Bertz CT molecular complexity index is 537. The molecule has 0 spiro atoms. The number of hydrogen-bond donors (Lipinski definition) is 1. The van der Waals surface area contributed by atoms with Crippen LogP contribution in [-0.4, -0.2) is 53.2 Å². The molecule has 2 saturated heterocycles. The molecule has 0 aromatic carbocycles. The number of nitrogens with zero attached hydrogens (tertiary/aromatic N) is 3. The fraction of sp³-hybridized carbons (Fsp3) is 0.643. The molecule has 2 unspecified atom stereocenters. The lowest BCUT2D eigenvalue weighted by Crippen LogP contribution is -2.48. The molecule has 3 rings (SSSR count). The third-order valence-electron chi connectivity index (χ3n) is 4.24. The van der Waals surface area contributed by atoms with Crippen LogP contribution in [0.25, 0.3) is 0 Å². The van der Waals surface area contributed by atoms with Crippen molar-refractivity contribution in [1.82, 2.24) is 9.88 Å². The van der Waals surface area contributed by atoms with Crippen LogP contribution in [0.15, 0.2) is 12.3 Å². The number of morpholine rings is 1. The van der Waals surface area contributed by atoms with Crippen LogP contribution in [-0.2, 0) is 4.74 Å². The van der Waals surface area contributed by atoms with Crippen LogP contribution < -0.4 is 5.32 Å². The first-order valence-electron chi connectivity index (χ1n) is 7.34. The summed E-state index contributed by atoms with van der Waals surface area (Å²) in [4.78, 5) is 17.2. The topological polar surface area (TPSA) is 80.5 Å². The van der Waals surface area contributed by atoms with Crippen LogP contribution in [0, 0.1) is 17.0 Å². The lowest BCUT2D eigenvalue weighted by molar-refractivity contribution is -0.385. The fourth-order valence-corrected chi connectivity index (χ4v) is 3.03. The third kappa shape index (κ3) is 3.14. The molecule has 1 aromatic rings. The van der Waals surface area contributed by atoms with Gasteiger partial charge in [0.2, 0.25) is 0 Å². The number of nitrogens with one attached hydrogen (secondary N) is 1. The summed E-state index contributed by atoms with van der Waals surface area (Å²) in [6.07, 6.45) is 4.12. The van der Waals surface area contributed by atoms with Crippen molar-refractivity contribution in [2.75, 3.05) is 31.6 Å². The van der Waals surface area contributed by atoms with Gasteiger partial charge >= 0.3 is 0 Å². The van der Waals surface area contributed by atoms with Crippen molar-refractivity contribution in [2.24, 2.45) is 0 Å². The van der Waals surface area contributed by atoms with Crippen LogP contribution >= 0.6 is 0 Å². The van der Waals surface area contributed by atoms with Crippen molar-refractivity contribution in [3.05, 3.63) is 27.9 Å². The molecule has 2 atom stereocenters. The van der Waals surface area contributed by atoms with E-state index in [1.54, 1.807) is 6.92 Å². The minimum absolute atomic E-state index is 0.0941. The van der Waals surface area contributed by atoms with Gasteiger partial charge in [-0.2, -0.15) is 0 Å². The molecule has 2 aliphatic rings.